The molecule has 0 spiro atoms. The monoisotopic (exact) mass is 340 g/mol. The summed E-state index contributed by atoms with van der Waals surface area (Å²) in [7, 11) is 1.77. The van der Waals surface area contributed by atoms with E-state index in [9.17, 15) is 9.59 Å². The van der Waals surface area contributed by atoms with Crippen LogP contribution in [0.1, 0.15) is 24.0 Å². The van der Waals surface area contributed by atoms with Gasteiger partial charge in [0.15, 0.2) is 0 Å². The number of aryl methyl sites for hydroxylation is 1. The molecule has 2 aromatic heterocycles. The summed E-state index contributed by atoms with van der Waals surface area (Å²) in [5.74, 6) is -0.765. The third-order valence-corrected chi connectivity index (χ3v) is 4.26. The van der Waals surface area contributed by atoms with Gasteiger partial charge in [0.1, 0.15) is 11.3 Å². The van der Waals surface area contributed by atoms with Crippen molar-refractivity contribution >= 4 is 16.9 Å². The highest BCUT2D eigenvalue weighted by Crippen LogP contribution is 2.44. The first-order chi connectivity index (χ1) is 12.1. The predicted octanol–water partition coefficient (Wildman–Crippen LogP) is 1.98. The quantitative estimate of drug-likeness (QED) is 0.535. The number of fused-ring (bicyclic) bond motifs is 3. The summed E-state index contributed by atoms with van der Waals surface area (Å²) in [6.07, 6.45) is 2.42. The third-order valence-electron chi connectivity index (χ3n) is 4.26. The zero-order valence-corrected chi connectivity index (χ0v) is 13.8. The number of hydrogen-bond donors (Lipinski definition) is 0. The van der Waals surface area contributed by atoms with Gasteiger partial charge in [0.2, 0.25) is 6.10 Å². The fourth-order valence-electron chi connectivity index (χ4n) is 3.23. The van der Waals surface area contributed by atoms with E-state index in [0.717, 1.165) is 0 Å². The van der Waals surface area contributed by atoms with Crippen molar-refractivity contribution in [3.05, 3.63) is 58.2 Å². The van der Waals surface area contributed by atoms with Crippen molar-refractivity contribution in [3.8, 4) is 5.75 Å². The summed E-state index contributed by atoms with van der Waals surface area (Å²) in [6, 6.07) is 7.08. The number of hydrogen-bond acceptors (Lipinski definition) is 6. The van der Waals surface area contributed by atoms with Crippen LogP contribution in [0.4, 0.5) is 0 Å². The molecule has 0 bridgehead atoms. The topological polar surface area (TPSA) is 83.6 Å². The Bertz CT molecular complexity index is 1020. The molecule has 1 aromatic carbocycles. The fraction of sp³-hybridized carbons (Fsp3) is 0.278. The Balaban J connectivity index is 1.95. The smallest absolute Gasteiger partial charge is 0.348 e. The lowest BCUT2D eigenvalue weighted by Gasteiger charge is -2.15. The Labute approximate surface area is 142 Å². The van der Waals surface area contributed by atoms with Crippen LogP contribution < -0.4 is 10.4 Å². The van der Waals surface area contributed by atoms with Crippen LogP contribution in [0.15, 0.2) is 45.9 Å². The number of nitrogens with zero attached hydrogens (tertiary/aromatic N) is 2. The highest BCUT2D eigenvalue weighted by Gasteiger charge is 2.45. The Hall–Kier alpha value is -3.09. The van der Waals surface area contributed by atoms with E-state index in [1.54, 1.807) is 49.2 Å². The number of rotatable bonds is 3. The largest absolute Gasteiger partial charge is 0.476 e. The van der Waals surface area contributed by atoms with Gasteiger partial charge in [0.05, 0.1) is 29.7 Å². The average Bonchev–Trinajstić information content (AvgIpc) is 3.19. The Morgan fingerprint density at radius 3 is 2.88 bits per heavy atom. The second-order valence-electron chi connectivity index (χ2n) is 5.84. The second kappa shape index (κ2) is 5.77. The first-order valence-corrected chi connectivity index (χ1v) is 7.97. The van der Waals surface area contributed by atoms with Crippen LogP contribution in [0, 0.1) is 0 Å². The molecule has 0 aliphatic carbocycles. The van der Waals surface area contributed by atoms with Gasteiger partial charge in [0.25, 0.3) is 0 Å². The Morgan fingerprint density at radius 2 is 2.16 bits per heavy atom. The standard InChI is InChI=1S/C18H16N2O5/c1-3-23-18(22)16-13(10-8-19-20(2)9-10)14-15(25-16)11-6-4-5-7-12(11)24-17(14)21/h4-9,13,16H,3H2,1-2H3. The van der Waals surface area contributed by atoms with Crippen molar-refractivity contribution in [2.45, 2.75) is 18.9 Å². The third kappa shape index (κ3) is 2.39. The van der Waals surface area contributed by atoms with Crippen LogP contribution in [-0.2, 0) is 16.6 Å². The van der Waals surface area contributed by atoms with Crippen LogP contribution in [0.3, 0.4) is 0 Å². The molecule has 1 aliphatic heterocycles. The van der Waals surface area contributed by atoms with Gasteiger partial charge in [0, 0.05) is 18.8 Å². The van der Waals surface area contributed by atoms with Crippen molar-refractivity contribution in [1.29, 1.82) is 0 Å². The molecule has 0 fully saturated rings. The molecular weight excluding hydrogens is 324 g/mol. The van der Waals surface area contributed by atoms with Gasteiger partial charge >= 0.3 is 11.6 Å². The molecule has 0 N–H and O–H groups in total. The molecule has 1 aliphatic rings. The number of carbonyl (C=O) groups excluding carboxylic acids is 1. The summed E-state index contributed by atoms with van der Waals surface area (Å²) < 4.78 is 18.1. The van der Waals surface area contributed by atoms with E-state index in [-0.39, 0.29) is 6.61 Å². The molecule has 0 radical (unpaired) electrons. The van der Waals surface area contributed by atoms with Crippen LogP contribution in [-0.4, -0.2) is 28.5 Å². The molecule has 0 saturated carbocycles. The second-order valence-corrected chi connectivity index (χ2v) is 5.84. The molecule has 4 rings (SSSR count). The molecular formula is C18H16N2O5. The van der Waals surface area contributed by atoms with Gasteiger partial charge in [-0.1, -0.05) is 12.1 Å². The van der Waals surface area contributed by atoms with Crippen molar-refractivity contribution in [2.75, 3.05) is 6.61 Å². The summed E-state index contributed by atoms with van der Waals surface area (Å²) >= 11 is 0. The zero-order chi connectivity index (χ0) is 17.6. The number of para-hydroxylation sites is 1. The average molecular weight is 340 g/mol. The Kier molecular flexibility index (Phi) is 3.56. The van der Waals surface area contributed by atoms with Crippen molar-refractivity contribution in [2.24, 2.45) is 7.05 Å². The first kappa shape index (κ1) is 15.4. The van der Waals surface area contributed by atoms with Crippen molar-refractivity contribution < 1.29 is 18.7 Å². The van der Waals surface area contributed by atoms with Crippen LogP contribution in [0.25, 0.3) is 11.0 Å². The lowest BCUT2D eigenvalue weighted by molar-refractivity contribution is -0.151. The van der Waals surface area contributed by atoms with Crippen LogP contribution in [0.2, 0.25) is 0 Å². The molecule has 7 heteroatoms. The van der Waals surface area contributed by atoms with Gasteiger partial charge in [-0.05, 0) is 19.1 Å². The number of aromatic nitrogens is 2. The van der Waals surface area contributed by atoms with Gasteiger partial charge in [-0.3, -0.25) is 4.68 Å². The van der Waals surface area contributed by atoms with Crippen molar-refractivity contribution in [1.82, 2.24) is 9.78 Å². The maximum absolute atomic E-state index is 12.6. The summed E-state index contributed by atoms with van der Waals surface area (Å²) in [4.78, 5) is 25.1. The van der Waals surface area contributed by atoms with Gasteiger partial charge in [-0.15, -0.1) is 0 Å². The lowest BCUT2D eigenvalue weighted by Crippen LogP contribution is -2.32. The molecule has 25 heavy (non-hydrogen) atoms. The van der Waals surface area contributed by atoms with Gasteiger partial charge in [-0.2, -0.15) is 5.10 Å². The van der Waals surface area contributed by atoms with E-state index in [4.69, 9.17) is 13.9 Å². The van der Waals surface area contributed by atoms with Crippen LogP contribution in [0.5, 0.6) is 5.75 Å². The zero-order valence-electron chi connectivity index (χ0n) is 13.8. The predicted molar refractivity (Wildman–Crippen MR) is 88.6 cm³/mol. The maximum atomic E-state index is 12.6. The highest BCUT2D eigenvalue weighted by atomic mass is 16.6. The summed E-state index contributed by atoms with van der Waals surface area (Å²) in [5.41, 5.74) is 0.918. The normalized spacial score (nSPS) is 18.8. The number of carbonyl (C=O) groups is 1. The van der Waals surface area contributed by atoms with E-state index in [0.29, 0.717) is 27.8 Å². The molecule has 128 valence electrons. The van der Waals surface area contributed by atoms with E-state index < -0.39 is 23.6 Å². The highest BCUT2D eigenvalue weighted by molar-refractivity contribution is 5.88. The van der Waals surface area contributed by atoms with Gasteiger partial charge < -0.3 is 13.9 Å². The SMILES string of the molecule is CCOC(=O)C1Oc2c(c(=O)oc3ccccc23)C1c1cnn(C)c1. The molecule has 3 aromatic rings. The van der Waals surface area contributed by atoms with E-state index >= 15 is 0 Å². The molecule has 0 amide bonds. The van der Waals surface area contributed by atoms with Crippen molar-refractivity contribution in [3.63, 3.8) is 0 Å². The first-order valence-electron chi connectivity index (χ1n) is 7.97. The number of benzene rings is 1. The minimum absolute atomic E-state index is 0.226. The Morgan fingerprint density at radius 1 is 1.36 bits per heavy atom. The maximum Gasteiger partial charge on any atom is 0.348 e. The van der Waals surface area contributed by atoms with E-state index in [1.807, 2.05) is 6.07 Å². The number of ether oxygens (including phenoxy) is 2. The van der Waals surface area contributed by atoms with Crippen LogP contribution >= 0.6 is 0 Å². The summed E-state index contributed by atoms with van der Waals surface area (Å²) in [5, 5.41) is 4.79. The van der Waals surface area contributed by atoms with Gasteiger partial charge in [-0.25, -0.2) is 9.59 Å². The molecule has 7 nitrogen and oxygen atoms in total. The molecule has 2 unspecified atom stereocenters. The molecule has 3 heterocycles. The summed E-state index contributed by atoms with van der Waals surface area (Å²) in [6.45, 7) is 1.95. The van der Waals surface area contributed by atoms with E-state index in [1.165, 1.54) is 0 Å². The van der Waals surface area contributed by atoms with E-state index in [2.05, 4.69) is 5.10 Å². The lowest BCUT2D eigenvalue weighted by atomic mass is 9.90. The fourth-order valence-corrected chi connectivity index (χ4v) is 3.23. The minimum Gasteiger partial charge on any atom is -0.476 e. The molecule has 0 saturated heterocycles. The molecule has 2 atom stereocenters. The minimum atomic E-state index is -0.951. The number of esters is 1.